The number of benzene rings is 1. The van der Waals surface area contributed by atoms with Crippen molar-refractivity contribution in [3.8, 4) is 0 Å². The molecule has 2 aliphatic rings. The van der Waals surface area contributed by atoms with E-state index < -0.39 is 5.97 Å². The van der Waals surface area contributed by atoms with Crippen LogP contribution in [0, 0.1) is 0 Å². The number of fused-ring (bicyclic) bond motifs is 1. The molecule has 1 aromatic carbocycles. The van der Waals surface area contributed by atoms with Crippen molar-refractivity contribution in [3.63, 3.8) is 0 Å². The van der Waals surface area contributed by atoms with Gasteiger partial charge in [0.1, 0.15) is 0 Å². The maximum atomic E-state index is 12.9. The number of hydrogen-bond acceptors (Lipinski definition) is 4. The summed E-state index contributed by atoms with van der Waals surface area (Å²) in [4.78, 5) is 38.9. The van der Waals surface area contributed by atoms with Crippen LogP contribution in [0.5, 0.6) is 0 Å². The second-order valence-corrected chi connectivity index (χ2v) is 7.24. The topological polar surface area (TPSA) is 77.9 Å². The van der Waals surface area contributed by atoms with Crippen LogP contribution in [-0.2, 0) is 16.0 Å². The van der Waals surface area contributed by atoms with E-state index in [2.05, 4.69) is 0 Å². The number of hydrogen-bond donors (Lipinski definition) is 1. The lowest BCUT2D eigenvalue weighted by Gasteiger charge is -2.34. The number of carboxylic acids is 1. The van der Waals surface area contributed by atoms with Crippen LogP contribution in [0.3, 0.4) is 0 Å². The Hall–Kier alpha value is -2.02. The lowest BCUT2D eigenvalue weighted by molar-refractivity contribution is -0.138. The first kappa shape index (κ1) is 16.8. The first-order chi connectivity index (χ1) is 11.5. The third kappa shape index (κ3) is 3.26. The van der Waals surface area contributed by atoms with Gasteiger partial charge in [0.25, 0.3) is 5.91 Å². The summed E-state index contributed by atoms with van der Waals surface area (Å²) in [5, 5.41) is 9.06. The summed E-state index contributed by atoms with van der Waals surface area (Å²) < 4.78 is 0. The molecule has 0 spiro atoms. The molecule has 1 unspecified atom stereocenters. The Morgan fingerprint density at radius 1 is 1.29 bits per heavy atom. The van der Waals surface area contributed by atoms with Gasteiger partial charge in [-0.25, -0.2) is 0 Å². The van der Waals surface area contributed by atoms with Crippen LogP contribution < -0.4 is 4.90 Å². The number of carbonyl (C=O) groups is 3. The highest BCUT2D eigenvalue weighted by atomic mass is 32.2. The molecular formula is C17H20N2O4S. The molecule has 24 heavy (non-hydrogen) atoms. The molecule has 2 aliphatic heterocycles. The van der Waals surface area contributed by atoms with Crippen LogP contribution in [0.15, 0.2) is 18.2 Å². The summed E-state index contributed by atoms with van der Waals surface area (Å²) >= 11 is 1.68. The molecule has 1 N–H and O–H groups in total. The zero-order chi connectivity index (χ0) is 17.3. The highest BCUT2D eigenvalue weighted by Gasteiger charge is 2.30. The fourth-order valence-corrected chi connectivity index (χ4v) is 4.38. The number of carboxylic acid groups (broad SMARTS) is 1. The maximum absolute atomic E-state index is 12.9. The molecule has 2 amide bonds. The van der Waals surface area contributed by atoms with Crippen LogP contribution in [0.25, 0.3) is 0 Å². The lowest BCUT2D eigenvalue weighted by atomic mass is 10.1. The number of nitrogens with zero attached hydrogens (tertiary/aromatic N) is 2. The molecule has 0 aromatic heterocycles. The van der Waals surface area contributed by atoms with Crippen LogP contribution >= 0.6 is 11.8 Å². The molecule has 0 saturated carbocycles. The average molecular weight is 348 g/mol. The highest BCUT2D eigenvalue weighted by molar-refractivity contribution is 7.99. The van der Waals surface area contributed by atoms with Crippen molar-refractivity contribution < 1.29 is 19.5 Å². The molecule has 2 heterocycles. The minimum atomic E-state index is -0.883. The molecule has 1 aromatic rings. The first-order valence-corrected chi connectivity index (χ1v) is 9.14. The van der Waals surface area contributed by atoms with E-state index in [4.69, 9.17) is 5.11 Å². The van der Waals surface area contributed by atoms with Gasteiger partial charge in [0.05, 0.1) is 12.5 Å². The van der Waals surface area contributed by atoms with Gasteiger partial charge in [-0.15, -0.1) is 0 Å². The van der Waals surface area contributed by atoms with Crippen molar-refractivity contribution in [2.24, 2.45) is 0 Å². The predicted octanol–water partition coefficient (Wildman–Crippen LogP) is 1.63. The third-order valence-corrected chi connectivity index (χ3v) is 5.59. The van der Waals surface area contributed by atoms with Gasteiger partial charge in [0, 0.05) is 42.8 Å². The van der Waals surface area contributed by atoms with E-state index in [1.807, 2.05) is 12.1 Å². The van der Waals surface area contributed by atoms with E-state index in [1.54, 1.807) is 27.6 Å². The quantitative estimate of drug-likeness (QED) is 0.898. The second kappa shape index (κ2) is 6.84. The minimum absolute atomic E-state index is 0.00223. The molecule has 128 valence electrons. The first-order valence-electron chi connectivity index (χ1n) is 7.99. The van der Waals surface area contributed by atoms with Gasteiger partial charge < -0.3 is 14.9 Å². The van der Waals surface area contributed by atoms with Crippen LogP contribution in [0.4, 0.5) is 5.69 Å². The smallest absolute Gasteiger partial charge is 0.305 e. The number of amides is 2. The maximum Gasteiger partial charge on any atom is 0.305 e. The summed E-state index contributed by atoms with van der Waals surface area (Å²) in [6.45, 7) is 2.75. The Morgan fingerprint density at radius 3 is 2.79 bits per heavy atom. The zero-order valence-electron chi connectivity index (χ0n) is 13.5. The molecule has 0 radical (unpaired) electrons. The molecule has 0 aliphatic carbocycles. The fourth-order valence-electron chi connectivity index (χ4n) is 3.32. The summed E-state index contributed by atoms with van der Waals surface area (Å²) in [6, 6.07) is 5.14. The van der Waals surface area contributed by atoms with Crippen LogP contribution in [-0.4, -0.2) is 58.4 Å². The van der Waals surface area contributed by atoms with Crippen molar-refractivity contribution in [3.05, 3.63) is 29.3 Å². The van der Waals surface area contributed by atoms with Crippen molar-refractivity contribution in [1.82, 2.24) is 4.90 Å². The number of thioether (sulfide) groups is 1. The minimum Gasteiger partial charge on any atom is -0.481 e. The normalized spacial score (nSPS) is 20.0. The molecule has 7 heteroatoms. The Morgan fingerprint density at radius 2 is 2.08 bits per heavy atom. The van der Waals surface area contributed by atoms with Crippen LogP contribution in [0.2, 0.25) is 0 Å². The Labute approximate surface area is 144 Å². The molecule has 1 saturated heterocycles. The van der Waals surface area contributed by atoms with Gasteiger partial charge in [0.15, 0.2) is 0 Å². The summed E-state index contributed by atoms with van der Waals surface area (Å²) in [6.07, 6.45) is 0.715. The molecule has 6 nitrogen and oxygen atoms in total. The Bertz CT molecular complexity index is 691. The van der Waals surface area contributed by atoms with E-state index in [1.165, 1.54) is 6.92 Å². The molecule has 0 bridgehead atoms. The van der Waals surface area contributed by atoms with Gasteiger partial charge in [-0.1, -0.05) is 0 Å². The summed E-state index contributed by atoms with van der Waals surface area (Å²) in [7, 11) is 0. The average Bonchev–Trinajstić information content (AvgIpc) is 2.97. The van der Waals surface area contributed by atoms with Gasteiger partial charge in [0.2, 0.25) is 5.91 Å². The van der Waals surface area contributed by atoms with Gasteiger partial charge in [-0.05, 0) is 30.2 Å². The standard InChI is InChI=1S/C17H20N2O4S/c1-11(20)18-5-4-12-8-13(2-3-15(12)18)17(23)19-6-7-24-10-14(19)9-16(21)22/h2-3,8,14H,4-7,9-10H2,1H3,(H,21,22). The van der Waals surface area contributed by atoms with Crippen LogP contribution in [0.1, 0.15) is 29.3 Å². The van der Waals surface area contributed by atoms with Crippen molar-refractivity contribution in [1.29, 1.82) is 0 Å². The largest absolute Gasteiger partial charge is 0.481 e. The highest BCUT2D eigenvalue weighted by Crippen LogP contribution is 2.30. The zero-order valence-corrected chi connectivity index (χ0v) is 14.3. The van der Waals surface area contributed by atoms with E-state index in [0.29, 0.717) is 24.4 Å². The Balaban J connectivity index is 1.82. The fraction of sp³-hybridized carbons (Fsp3) is 0.471. The number of anilines is 1. The van der Waals surface area contributed by atoms with E-state index >= 15 is 0 Å². The van der Waals surface area contributed by atoms with E-state index in [0.717, 1.165) is 23.4 Å². The van der Waals surface area contributed by atoms with Crippen molar-refractivity contribution >= 4 is 35.2 Å². The monoisotopic (exact) mass is 348 g/mol. The molecule has 1 fully saturated rings. The molecular weight excluding hydrogens is 328 g/mol. The van der Waals surface area contributed by atoms with Gasteiger partial charge in [-0.3, -0.25) is 14.4 Å². The van der Waals surface area contributed by atoms with Gasteiger partial charge >= 0.3 is 5.97 Å². The Kier molecular flexibility index (Phi) is 4.80. The third-order valence-electron chi connectivity index (χ3n) is 4.50. The SMILES string of the molecule is CC(=O)N1CCc2cc(C(=O)N3CCSCC3CC(=O)O)ccc21. The van der Waals surface area contributed by atoms with Gasteiger partial charge in [-0.2, -0.15) is 11.8 Å². The predicted molar refractivity (Wildman–Crippen MR) is 92.6 cm³/mol. The lowest BCUT2D eigenvalue weighted by Crippen LogP contribution is -2.47. The summed E-state index contributed by atoms with van der Waals surface area (Å²) in [5.74, 6) is 0.478. The van der Waals surface area contributed by atoms with E-state index in [9.17, 15) is 14.4 Å². The number of aliphatic carboxylic acids is 1. The molecule has 3 rings (SSSR count). The number of rotatable bonds is 3. The summed E-state index contributed by atoms with van der Waals surface area (Å²) in [5.41, 5.74) is 2.44. The van der Waals surface area contributed by atoms with E-state index in [-0.39, 0.29) is 24.3 Å². The second-order valence-electron chi connectivity index (χ2n) is 6.09. The van der Waals surface area contributed by atoms with Crippen molar-refractivity contribution in [2.75, 3.05) is 29.5 Å². The number of carbonyl (C=O) groups excluding carboxylic acids is 2. The molecule has 1 atom stereocenters. The van der Waals surface area contributed by atoms with Crippen molar-refractivity contribution in [2.45, 2.75) is 25.8 Å².